The van der Waals surface area contributed by atoms with Crippen LogP contribution in [-0.2, 0) is 14.3 Å². The molecule has 1 N–H and O–H groups in total. The van der Waals surface area contributed by atoms with Crippen molar-refractivity contribution in [2.75, 3.05) is 13.2 Å². The van der Waals surface area contributed by atoms with Gasteiger partial charge in [-0.25, -0.2) is 0 Å². The quantitative estimate of drug-likeness (QED) is 0.717. The van der Waals surface area contributed by atoms with E-state index in [4.69, 9.17) is 0 Å². The summed E-state index contributed by atoms with van der Waals surface area (Å²) in [6.07, 6.45) is 3.31. The van der Waals surface area contributed by atoms with Crippen LogP contribution in [-0.4, -0.2) is 31.1 Å². The van der Waals surface area contributed by atoms with Crippen molar-refractivity contribution in [3.8, 4) is 0 Å². The maximum atomic E-state index is 11.5. The average Bonchev–Trinajstić information content (AvgIpc) is 2.24. The Bertz CT molecular complexity index is 280. The maximum absolute atomic E-state index is 11.5. The monoisotopic (exact) mass is 242 g/mol. The van der Waals surface area contributed by atoms with Gasteiger partial charge in [0, 0.05) is 6.04 Å². The SMILES string of the molecule is C[C@@H]1[C@H](C)CCC[C@H]1NC(=O)COCC(=O)[O-]. The Morgan fingerprint density at radius 1 is 1.29 bits per heavy atom. The number of rotatable bonds is 5. The van der Waals surface area contributed by atoms with Gasteiger partial charge < -0.3 is 20.0 Å². The molecule has 0 aromatic carbocycles. The Labute approximate surface area is 102 Å². The lowest BCUT2D eigenvalue weighted by molar-refractivity contribution is -0.309. The third kappa shape index (κ3) is 4.73. The van der Waals surface area contributed by atoms with E-state index in [0.717, 1.165) is 12.8 Å². The fourth-order valence-electron chi connectivity index (χ4n) is 2.26. The first-order chi connectivity index (χ1) is 8.00. The highest BCUT2D eigenvalue weighted by atomic mass is 16.5. The second-order valence-electron chi connectivity index (χ2n) is 4.81. The first-order valence-electron chi connectivity index (χ1n) is 6.07. The van der Waals surface area contributed by atoms with E-state index >= 15 is 0 Å². The summed E-state index contributed by atoms with van der Waals surface area (Å²) in [5, 5.41) is 13.0. The zero-order chi connectivity index (χ0) is 12.8. The molecule has 3 atom stereocenters. The van der Waals surface area contributed by atoms with E-state index in [1.165, 1.54) is 6.42 Å². The normalized spacial score (nSPS) is 28.7. The number of amides is 1. The molecule has 1 aliphatic carbocycles. The van der Waals surface area contributed by atoms with Crippen molar-refractivity contribution in [2.24, 2.45) is 11.8 Å². The van der Waals surface area contributed by atoms with Crippen LogP contribution in [0.3, 0.4) is 0 Å². The average molecular weight is 242 g/mol. The van der Waals surface area contributed by atoms with E-state index in [-0.39, 0.29) is 18.6 Å². The maximum Gasteiger partial charge on any atom is 0.246 e. The molecule has 1 rings (SSSR count). The highest BCUT2D eigenvalue weighted by molar-refractivity contribution is 5.78. The molecular weight excluding hydrogens is 222 g/mol. The standard InChI is InChI=1S/C12H21NO4/c1-8-4-3-5-10(9(8)2)13-11(14)6-17-7-12(15)16/h8-10H,3-7H2,1-2H3,(H,13,14)(H,15,16)/p-1/t8-,9-,10-/m1/s1. The number of ether oxygens (including phenoxy) is 1. The van der Waals surface area contributed by atoms with Gasteiger partial charge in [-0.15, -0.1) is 0 Å². The van der Waals surface area contributed by atoms with Gasteiger partial charge in [-0.05, 0) is 18.3 Å². The highest BCUT2D eigenvalue weighted by Gasteiger charge is 2.27. The molecule has 0 radical (unpaired) electrons. The van der Waals surface area contributed by atoms with Crippen LogP contribution in [0, 0.1) is 11.8 Å². The topological polar surface area (TPSA) is 78.5 Å². The fraction of sp³-hybridized carbons (Fsp3) is 0.833. The number of carboxylic acid groups (broad SMARTS) is 1. The summed E-state index contributed by atoms with van der Waals surface area (Å²) in [5.74, 6) is -0.498. The van der Waals surface area contributed by atoms with Crippen molar-refractivity contribution in [2.45, 2.75) is 39.2 Å². The van der Waals surface area contributed by atoms with Crippen molar-refractivity contribution in [1.82, 2.24) is 5.32 Å². The fourth-order valence-corrected chi connectivity index (χ4v) is 2.26. The molecule has 1 aliphatic rings. The van der Waals surface area contributed by atoms with Crippen LogP contribution in [0.5, 0.6) is 0 Å². The van der Waals surface area contributed by atoms with Crippen molar-refractivity contribution >= 4 is 11.9 Å². The second-order valence-corrected chi connectivity index (χ2v) is 4.81. The molecule has 1 fully saturated rings. The Morgan fingerprint density at radius 3 is 2.65 bits per heavy atom. The van der Waals surface area contributed by atoms with Crippen LogP contribution in [0.15, 0.2) is 0 Å². The lowest BCUT2D eigenvalue weighted by Crippen LogP contribution is -2.45. The van der Waals surface area contributed by atoms with Crippen LogP contribution in [0.2, 0.25) is 0 Å². The number of hydrogen-bond acceptors (Lipinski definition) is 4. The molecule has 1 amide bonds. The Kier molecular flexibility index (Phi) is 5.41. The minimum atomic E-state index is -1.31. The molecule has 0 heterocycles. The van der Waals surface area contributed by atoms with Gasteiger partial charge in [-0.3, -0.25) is 4.79 Å². The number of carbonyl (C=O) groups excluding carboxylic acids is 2. The van der Waals surface area contributed by atoms with Gasteiger partial charge in [-0.1, -0.05) is 26.7 Å². The van der Waals surface area contributed by atoms with Crippen molar-refractivity contribution in [3.05, 3.63) is 0 Å². The van der Waals surface area contributed by atoms with Gasteiger partial charge >= 0.3 is 0 Å². The van der Waals surface area contributed by atoms with Gasteiger partial charge in [0.1, 0.15) is 6.61 Å². The summed E-state index contributed by atoms with van der Waals surface area (Å²) in [6, 6.07) is 0.179. The number of nitrogens with one attached hydrogen (secondary N) is 1. The van der Waals surface area contributed by atoms with E-state index in [0.29, 0.717) is 11.8 Å². The summed E-state index contributed by atoms with van der Waals surface area (Å²) in [6.45, 7) is 3.57. The van der Waals surface area contributed by atoms with Gasteiger partial charge in [0.2, 0.25) is 5.91 Å². The van der Waals surface area contributed by atoms with Crippen LogP contribution in [0.25, 0.3) is 0 Å². The molecule has 0 aromatic rings. The third-order valence-corrected chi connectivity index (χ3v) is 3.51. The molecular formula is C12H20NO4-. The third-order valence-electron chi connectivity index (χ3n) is 3.51. The van der Waals surface area contributed by atoms with E-state index in [2.05, 4.69) is 23.9 Å². The summed E-state index contributed by atoms with van der Waals surface area (Å²) >= 11 is 0. The minimum Gasteiger partial charge on any atom is -0.548 e. The molecule has 0 saturated heterocycles. The Hall–Kier alpha value is -1.10. The van der Waals surface area contributed by atoms with Gasteiger partial charge in [0.25, 0.3) is 0 Å². The van der Waals surface area contributed by atoms with Crippen LogP contribution in [0.4, 0.5) is 0 Å². The lowest BCUT2D eigenvalue weighted by atomic mass is 9.78. The molecule has 1 saturated carbocycles. The van der Waals surface area contributed by atoms with Crippen molar-refractivity contribution in [3.63, 3.8) is 0 Å². The predicted molar refractivity (Wildman–Crippen MR) is 59.9 cm³/mol. The highest BCUT2D eigenvalue weighted by Crippen LogP contribution is 2.29. The lowest BCUT2D eigenvalue weighted by Gasteiger charge is -2.34. The number of aliphatic carboxylic acids is 1. The molecule has 5 heteroatoms. The van der Waals surface area contributed by atoms with Crippen molar-refractivity contribution < 1.29 is 19.4 Å². The zero-order valence-corrected chi connectivity index (χ0v) is 10.4. The molecule has 17 heavy (non-hydrogen) atoms. The van der Waals surface area contributed by atoms with Crippen LogP contribution >= 0.6 is 0 Å². The molecule has 0 spiro atoms. The molecule has 0 unspecified atom stereocenters. The molecule has 98 valence electrons. The zero-order valence-electron chi connectivity index (χ0n) is 10.4. The predicted octanol–water partition coefficient (Wildman–Crippen LogP) is -0.306. The van der Waals surface area contributed by atoms with E-state index in [1.54, 1.807) is 0 Å². The summed E-state index contributed by atoms with van der Waals surface area (Å²) in [5.41, 5.74) is 0. The van der Waals surface area contributed by atoms with E-state index in [9.17, 15) is 14.7 Å². The van der Waals surface area contributed by atoms with E-state index < -0.39 is 12.6 Å². The minimum absolute atomic E-state index is 0.179. The Morgan fingerprint density at radius 2 is 2.00 bits per heavy atom. The molecule has 0 bridgehead atoms. The number of carboxylic acids is 1. The summed E-state index contributed by atoms with van der Waals surface area (Å²) < 4.78 is 4.69. The number of hydrogen-bond donors (Lipinski definition) is 1. The largest absolute Gasteiger partial charge is 0.548 e. The molecule has 0 aliphatic heterocycles. The summed E-state index contributed by atoms with van der Waals surface area (Å²) in [4.78, 5) is 21.6. The first-order valence-corrected chi connectivity index (χ1v) is 6.07. The van der Waals surface area contributed by atoms with Crippen LogP contribution < -0.4 is 10.4 Å². The van der Waals surface area contributed by atoms with E-state index in [1.807, 2.05) is 0 Å². The number of carbonyl (C=O) groups is 2. The first kappa shape index (κ1) is 14.0. The second kappa shape index (κ2) is 6.59. The van der Waals surface area contributed by atoms with Gasteiger partial charge in [0.05, 0.1) is 12.6 Å². The van der Waals surface area contributed by atoms with Gasteiger partial charge in [-0.2, -0.15) is 0 Å². The molecule has 5 nitrogen and oxygen atoms in total. The molecule has 0 aromatic heterocycles. The smallest absolute Gasteiger partial charge is 0.246 e. The van der Waals surface area contributed by atoms with Crippen molar-refractivity contribution in [1.29, 1.82) is 0 Å². The summed E-state index contributed by atoms with van der Waals surface area (Å²) in [7, 11) is 0. The van der Waals surface area contributed by atoms with Gasteiger partial charge in [0.15, 0.2) is 0 Å². The Balaban J connectivity index is 2.27. The van der Waals surface area contributed by atoms with Crippen LogP contribution in [0.1, 0.15) is 33.1 Å².